The fourth-order valence-electron chi connectivity index (χ4n) is 2.82. The second-order valence-electron chi connectivity index (χ2n) is 5.62. The quantitative estimate of drug-likeness (QED) is 0.916. The number of rotatable bonds is 3. The maximum atomic E-state index is 12.4. The van der Waals surface area contributed by atoms with E-state index >= 15 is 0 Å². The van der Waals surface area contributed by atoms with Crippen LogP contribution in [-0.4, -0.2) is 18.0 Å². The van der Waals surface area contributed by atoms with Gasteiger partial charge in [0.25, 0.3) is 0 Å². The summed E-state index contributed by atoms with van der Waals surface area (Å²) < 4.78 is 0. The molecule has 3 rings (SSSR count). The van der Waals surface area contributed by atoms with E-state index in [0.29, 0.717) is 6.54 Å². The molecule has 1 N–H and O–H groups in total. The van der Waals surface area contributed by atoms with Crippen LogP contribution in [-0.2, 0) is 13.0 Å². The highest BCUT2D eigenvalue weighted by Crippen LogP contribution is 2.30. The van der Waals surface area contributed by atoms with Gasteiger partial charge < -0.3 is 10.2 Å². The first-order chi connectivity index (χ1) is 10.1. The second kappa shape index (κ2) is 5.90. The third-order valence-electron chi connectivity index (χ3n) is 4.13. The smallest absolute Gasteiger partial charge is 0.317 e. The molecule has 0 bridgehead atoms. The lowest BCUT2D eigenvalue weighted by Gasteiger charge is -2.21. The number of fused-ring (bicyclic) bond motifs is 1. The standard InChI is InChI=1S/C17H20N2OS/c1-12-9-10-21-16(12)11-19(2)17(20)18-15-8-7-13-5-3-4-6-14(13)15/h3-6,9-10,15H,7-8,11H2,1-2H3,(H,18,20). The lowest BCUT2D eigenvalue weighted by molar-refractivity contribution is 0.203. The summed E-state index contributed by atoms with van der Waals surface area (Å²) in [6, 6.07) is 10.6. The van der Waals surface area contributed by atoms with Crippen molar-refractivity contribution < 1.29 is 4.79 Å². The number of aryl methyl sites for hydroxylation is 2. The first-order valence-corrected chi connectivity index (χ1v) is 8.15. The Balaban J connectivity index is 1.63. The Kier molecular flexibility index (Phi) is 3.97. The highest BCUT2D eigenvalue weighted by molar-refractivity contribution is 7.10. The lowest BCUT2D eigenvalue weighted by atomic mass is 10.1. The van der Waals surface area contributed by atoms with Gasteiger partial charge in [0.1, 0.15) is 0 Å². The third kappa shape index (κ3) is 2.95. The molecule has 1 aliphatic rings. The van der Waals surface area contributed by atoms with E-state index in [-0.39, 0.29) is 12.1 Å². The van der Waals surface area contributed by atoms with Crippen LogP contribution >= 0.6 is 11.3 Å². The van der Waals surface area contributed by atoms with E-state index in [1.807, 2.05) is 13.1 Å². The highest BCUT2D eigenvalue weighted by Gasteiger charge is 2.24. The molecule has 21 heavy (non-hydrogen) atoms. The Labute approximate surface area is 129 Å². The SMILES string of the molecule is Cc1ccsc1CN(C)C(=O)NC1CCc2ccccc21. The zero-order chi connectivity index (χ0) is 14.8. The van der Waals surface area contributed by atoms with Crippen molar-refractivity contribution in [3.05, 3.63) is 57.3 Å². The first-order valence-electron chi connectivity index (χ1n) is 7.27. The molecule has 4 heteroatoms. The van der Waals surface area contributed by atoms with E-state index in [0.717, 1.165) is 12.8 Å². The number of nitrogens with one attached hydrogen (secondary N) is 1. The third-order valence-corrected chi connectivity index (χ3v) is 5.13. The van der Waals surface area contributed by atoms with E-state index in [1.165, 1.54) is 21.6 Å². The van der Waals surface area contributed by atoms with E-state index < -0.39 is 0 Å². The summed E-state index contributed by atoms with van der Waals surface area (Å²) in [6.07, 6.45) is 2.05. The molecule has 1 aromatic heterocycles. The Morgan fingerprint density at radius 3 is 2.95 bits per heavy atom. The summed E-state index contributed by atoms with van der Waals surface area (Å²) in [5.74, 6) is 0. The molecule has 2 amide bonds. The van der Waals surface area contributed by atoms with Crippen LogP contribution < -0.4 is 5.32 Å². The minimum absolute atomic E-state index is 0.00417. The Hall–Kier alpha value is -1.81. The molecule has 1 heterocycles. The minimum Gasteiger partial charge on any atom is -0.331 e. The molecule has 0 aliphatic heterocycles. The zero-order valence-electron chi connectivity index (χ0n) is 12.4. The number of benzene rings is 1. The van der Waals surface area contributed by atoms with Gasteiger partial charge in [0.15, 0.2) is 0 Å². The minimum atomic E-state index is 0.00417. The van der Waals surface area contributed by atoms with Gasteiger partial charge in [-0.3, -0.25) is 0 Å². The Morgan fingerprint density at radius 2 is 2.19 bits per heavy atom. The number of hydrogen-bond donors (Lipinski definition) is 1. The van der Waals surface area contributed by atoms with Gasteiger partial charge in [0, 0.05) is 11.9 Å². The molecule has 0 radical (unpaired) electrons. The summed E-state index contributed by atoms with van der Waals surface area (Å²) in [4.78, 5) is 15.4. The number of urea groups is 1. The maximum absolute atomic E-state index is 12.4. The fourth-order valence-corrected chi connectivity index (χ4v) is 3.78. The zero-order valence-corrected chi connectivity index (χ0v) is 13.2. The number of nitrogens with zero attached hydrogens (tertiary/aromatic N) is 1. The van der Waals surface area contributed by atoms with E-state index in [2.05, 4.69) is 41.9 Å². The van der Waals surface area contributed by atoms with Gasteiger partial charge in [0.2, 0.25) is 0 Å². The normalized spacial score (nSPS) is 16.6. The van der Waals surface area contributed by atoms with Crippen molar-refractivity contribution in [1.82, 2.24) is 10.2 Å². The van der Waals surface area contributed by atoms with Gasteiger partial charge in [-0.25, -0.2) is 4.79 Å². The predicted molar refractivity (Wildman–Crippen MR) is 86.6 cm³/mol. The summed E-state index contributed by atoms with van der Waals surface area (Å²) >= 11 is 1.70. The molecule has 1 aliphatic carbocycles. The van der Waals surface area contributed by atoms with Crippen LogP contribution in [0.3, 0.4) is 0 Å². The molecule has 1 atom stereocenters. The van der Waals surface area contributed by atoms with Crippen LogP contribution in [0, 0.1) is 6.92 Å². The summed E-state index contributed by atoms with van der Waals surface area (Å²) in [5, 5.41) is 5.23. The average molecular weight is 300 g/mol. The molecule has 1 unspecified atom stereocenters. The van der Waals surface area contributed by atoms with Crippen molar-refractivity contribution >= 4 is 17.4 Å². The monoisotopic (exact) mass is 300 g/mol. The van der Waals surface area contributed by atoms with E-state index in [1.54, 1.807) is 16.2 Å². The van der Waals surface area contributed by atoms with Gasteiger partial charge in [-0.15, -0.1) is 11.3 Å². The van der Waals surface area contributed by atoms with Gasteiger partial charge >= 0.3 is 6.03 Å². The molecule has 3 nitrogen and oxygen atoms in total. The van der Waals surface area contributed by atoms with Crippen LogP contribution in [0.5, 0.6) is 0 Å². The number of carbonyl (C=O) groups excluding carboxylic acids is 1. The number of thiophene rings is 1. The fraction of sp³-hybridized carbons (Fsp3) is 0.353. The Bertz CT molecular complexity index is 650. The van der Waals surface area contributed by atoms with Crippen molar-refractivity contribution in [2.45, 2.75) is 32.4 Å². The predicted octanol–water partition coefficient (Wildman–Crippen LogP) is 3.89. The molecule has 0 saturated carbocycles. The van der Waals surface area contributed by atoms with Gasteiger partial charge in [-0.1, -0.05) is 24.3 Å². The van der Waals surface area contributed by atoms with Crippen LogP contribution in [0.2, 0.25) is 0 Å². The van der Waals surface area contributed by atoms with Gasteiger partial charge in [-0.05, 0) is 47.9 Å². The molecular weight excluding hydrogens is 280 g/mol. The van der Waals surface area contributed by atoms with Crippen LogP contribution in [0.1, 0.15) is 34.0 Å². The average Bonchev–Trinajstić information content (AvgIpc) is 3.07. The molecule has 110 valence electrons. The highest BCUT2D eigenvalue weighted by atomic mass is 32.1. The number of carbonyl (C=O) groups is 1. The second-order valence-corrected chi connectivity index (χ2v) is 6.62. The molecule has 0 spiro atoms. The van der Waals surface area contributed by atoms with Crippen LogP contribution in [0.25, 0.3) is 0 Å². The van der Waals surface area contributed by atoms with Crippen LogP contribution in [0.15, 0.2) is 35.7 Å². The largest absolute Gasteiger partial charge is 0.331 e. The molecule has 1 aromatic carbocycles. The summed E-state index contributed by atoms with van der Waals surface area (Å²) in [6.45, 7) is 2.76. The van der Waals surface area contributed by atoms with Crippen molar-refractivity contribution in [3.63, 3.8) is 0 Å². The summed E-state index contributed by atoms with van der Waals surface area (Å²) in [5.41, 5.74) is 3.89. The molecule has 2 aromatic rings. The molecule has 0 fully saturated rings. The van der Waals surface area contributed by atoms with Crippen molar-refractivity contribution in [2.24, 2.45) is 0 Å². The number of hydrogen-bond acceptors (Lipinski definition) is 2. The maximum Gasteiger partial charge on any atom is 0.317 e. The topological polar surface area (TPSA) is 32.3 Å². The van der Waals surface area contributed by atoms with Crippen molar-refractivity contribution in [3.8, 4) is 0 Å². The number of amides is 2. The van der Waals surface area contributed by atoms with E-state index in [9.17, 15) is 4.79 Å². The lowest BCUT2D eigenvalue weighted by Crippen LogP contribution is -2.38. The molecular formula is C17H20N2OS. The van der Waals surface area contributed by atoms with Crippen molar-refractivity contribution in [2.75, 3.05) is 7.05 Å². The van der Waals surface area contributed by atoms with Crippen molar-refractivity contribution in [1.29, 1.82) is 0 Å². The Morgan fingerprint density at radius 1 is 1.38 bits per heavy atom. The van der Waals surface area contributed by atoms with E-state index in [4.69, 9.17) is 0 Å². The van der Waals surface area contributed by atoms with Gasteiger partial charge in [-0.2, -0.15) is 0 Å². The molecule has 0 saturated heterocycles. The van der Waals surface area contributed by atoms with Gasteiger partial charge in [0.05, 0.1) is 12.6 Å². The van der Waals surface area contributed by atoms with Crippen LogP contribution in [0.4, 0.5) is 4.79 Å². The summed E-state index contributed by atoms with van der Waals surface area (Å²) in [7, 11) is 1.86. The first kappa shape index (κ1) is 14.1.